The van der Waals surface area contributed by atoms with Gasteiger partial charge in [-0.15, -0.1) is 0 Å². The van der Waals surface area contributed by atoms with Gasteiger partial charge in [-0.3, -0.25) is 9.59 Å². The minimum atomic E-state index is -0.614. The second kappa shape index (κ2) is 12.7. The van der Waals surface area contributed by atoms with Gasteiger partial charge in [-0.25, -0.2) is 0 Å². The van der Waals surface area contributed by atoms with Crippen molar-refractivity contribution in [2.24, 2.45) is 5.73 Å². The zero-order valence-electron chi connectivity index (χ0n) is 22.7. The summed E-state index contributed by atoms with van der Waals surface area (Å²) in [4.78, 5) is 28.8. The number of hydrogen-bond donors (Lipinski definition) is 2. The number of benzene rings is 4. The predicted molar refractivity (Wildman–Crippen MR) is 156 cm³/mol. The van der Waals surface area contributed by atoms with Crippen molar-refractivity contribution in [2.75, 3.05) is 13.7 Å². The van der Waals surface area contributed by atoms with E-state index in [1.807, 2.05) is 66.7 Å². The number of amides is 2. The number of nitrogens with zero attached hydrogens (tertiary/aromatic N) is 1. The van der Waals surface area contributed by atoms with Crippen LogP contribution in [0.25, 0.3) is 10.8 Å². The SMILES string of the molecule is COc1ccc(Oc2ccc(CN3C(=O)[C@H](Cc4ccc5ccccc5c4)NC(=O)[C@@H]3CCCCN)cc2)cc1. The molecule has 2 atom stereocenters. The van der Waals surface area contributed by atoms with Crippen molar-refractivity contribution in [3.63, 3.8) is 0 Å². The first-order valence-electron chi connectivity index (χ1n) is 13.7. The average Bonchev–Trinajstić information content (AvgIpc) is 2.98. The molecule has 0 saturated carbocycles. The van der Waals surface area contributed by atoms with E-state index in [4.69, 9.17) is 15.2 Å². The third-order valence-corrected chi connectivity index (χ3v) is 7.33. The van der Waals surface area contributed by atoms with Crippen LogP contribution in [0.1, 0.15) is 30.4 Å². The molecule has 4 aromatic rings. The normalized spacial score (nSPS) is 17.1. The molecule has 0 spiro atoms. The molecule has 4 aromatic carbocycles. The number of hydrogen-bond acceptors (Lipinski definition) is 5. The van der Waals surface area contributed by atoms with Crippen LogP contribution in [0.4, 0.5) is 0 Å². The summed E-state index contributed by atoms with van der Waals surface area (Å²) in [5, 5.41) is 5.27. The van der Waals surface area contributed by atoms with E-state index in [0.29, 0.717) is 37.4 Å². The number of carbonyl (C=O) groups is 2. The number of unbranched alkanes of at least 4 members (excludes halogenated alkanes) is 1. The highest BCUT2D eigenvalue weighted by Crippen LogP contribution is 2.26. The molecule has 1 aliphatic rings. The zero-order chi connectivity index (χ0) is 27.9. The van der Waals surface area contributed by atoms with E-state index in [1.165, 1.54) is 0 Å². The second-order valence-corrected chi connectivity index (χ2v) is 10.1. The molecule has 3 N–H and O–H groups in total. The molecule has 5 rings (SSSR count). The topological polar surface area (TPSA) is 93.9 Å². The van der Waals surface area contributed by atoms with Crippen LogP contribution >= 0.6 is 0 Å². The Balaban J connectivity index is 1.31. The maximum absolute atomic E-state index is 13.8. The molecule has 7 nitrogen and oxygen atoms in total. The van der Waals surface area contributed by atoms with Crippen LogP contribution in [-0.2, 0) is 22.6 Å². The monoisotopic (exact) mass is 537 g/mol. The van der Waals surface area contributed by atoms with Crippen molar-refractivity contribution in [3.8, 4) is 17.2 Å². The van der Waals surface area contributed by atoms with E-state index >= 15 is 0 Å². The molecule has 0 unspecified atom stereocenters. The quantitative estimate of drug-likeness (QED) is 0.256. The van der Waals surface area contributed by atoms with Crippen molar-refractivity contribution < 1.29 is 19.1 Å². The number of piperazine rings is 1. The van der Waals surface area contributed by atoms with Crippen LogP contribution in [0.2, 0.25) is 0 Å². The first-order valence-corrected chi connectivity index (χ1v) is 13.7. The Labute approximate surface area is 234 Å². The van der Waals surface area contributed by atoms with Crippen LogP contribution in [0.15, 0.2) is 91.0 Å². The van der Waals surface area contributed by atoms with Crippen molar-refractivity contribution in [1.29, 1.82) is 0 Å². The minimum Gasteiger partial charge on any atom is -0.497 e. The summed E-state index contributed by atoms with van der Waals surface area (Å²) in [7, 11) is 1.62. The first kappa shape index (κ1) is 27.2. The number of fused-ring (bicyclic) bond motifs is 1. The van der Waals surface area contributed by atoms with E-state index in [9.17, 15) is 9.59 Å². The Bertz CT molecular complexity index is 1450. The Kier molecular flexibility index (Phi) is 8.62. The van der Waals surface area contributed by atoms with Crippen LogP contribution in [0.3, 0.4) is 0 Å². The van der Waals surface area contributed by atoms with Crippen LogP contribution < -0.4 is 20.5 Å². The van der Waals surface area contributed by atoms with Gasteiger partial charge < -0.3 is 25.4 Å². The standard InChI is InChI=1S/C33H35N3O4/c1-39-27-15-17-29(18-16-27)40-28-13-10-23(11-14-28)22-36-31(8-4-5-19-34)32(37)35-30(33(36)38)21-24-9-12-25-6-2-3-7-26(25)20-24/h2-3,6-7,9-18,20,30-31H,4-5,8,19,21-22,34H2,1H3,(H,35,37)/t30-,31-/m0/s1. The molecule has 7 heteroatoms. The number of methoxy groups -OCH3 is 1. The average molecular weight is 538 g/mol. The third-order valence-electron chi connectivity index (χ3n) is 7.33. The molecule has 40 heavy (non-hydrogen) atoms. The molecule has 206 valence electrons. The lowest BCUT2D eigenvalue weighted by atomic mass is 9.96. The molecular formula is C33H35N3O4. The number of nitrogens with two attached hydrogens (primary N) is 1. The van der Waals surface area contributed by atoms with Crippen LogP contribution in [-0.4, -0.2) is 42.5 Å². The van der Waals surface area contributed by atoms with E-state index in [1.54, 1.807) is 12.0 Å². The summed E-state index contributed by atoms with van der Waals surface area (Å²) in [6.45, 7) is 0.902. The van der Waals surface area contributed by atoms with Gasteiger partial charge in [-0.05, 0) is 84.1 Å². The summed E-state index contributed by atoms with van der Waals surface area (Å²) >= 11 is 0. The summed E-state index contributed by atoms with van der Waals surface area (Å²) in [6, 6.07) is 28.2. The molecule has 2 amide bonds. The van der Waals surface area contributed by atoms with Crippen molar-refractivity contribution in [2.45, 2.75) is 44.3 Å². The van der Waals surface area contributed by atoms with E-state index in [2.05, 4.69) is 29.6 Å². The summed E-state index contributed by atoms with van der Waals surface area (Å²) in [5.74, 6) is 1.97. The fourth-order valence-corrected chi connectivity index (χ4v) is 5.16. The first-order chi connectivity index (χ1) is 19.5. The van der Waals surface area contributed by atoms with E-state index < -0.39 is 12.1 Å². The van der Waals surface area contributed by atoms with Gasteiger partial charge in [0, 0.05) is 13.0 Å². The third kappa shape index (κ3) is 6.43. The molecule has 1 aliphatic heterocycles. The van der Waals surface area contributed by atoms with E-state index in [-0.39, 0.29) is 11.8 Å². The molecular weight excluding hydrogens is 502 g/mol. The zero-order valence-corrected chi connectivity index (χ0v) is 22.7. The smallest absolute Gasteiger partial charge is 0.246 e. The Morgan fingerprint density at radius 3 is 2.15 bits per heavy atom. The molecule has 1 heterocycles. The molecule has 1 saturated heterocycles. The van der Waals surface area contributed by atoms with Gasteiger partial charge in [-0.1, -0.05) is 54.6 Å². The van der Waals surface area contributed by atoms with Gasteiger partial charge in [0.1, 0.15) is 29.3 Å². The van der Waals surface area contributed by atoms with Gasteiger partial charge in [0.25, 0.3) is 0 Å². The van der Waals surface area contributed by atoms with Crippen molar-refractivity contribution >= 4 is 22.6 Å². The van der Waals surface area contributed by atoms with Crippen molar-refractivity contribution in [1.82, 2.24) is 10.2 Å². The van der Waals surface area contributed by atoms with Gasteiger partial charge in [0.05, 0.1) is 7.11 Å². The highest BCUT2D eigenvalue weighted by Gasteiger charge is 2.40. The maximum Gasteiger partial charge on any atom is 0.246 e. The van der Waals surface area contributed by atoms with Crippen LogP contribution in [0, 0.1) is 0 Å². The number of rotatable bonds is 11. The van der Waals surface area contributed by atoms with Gasteiger partial charge in [0.15, 0.2) is 0 Å². The minimum absolute atomic E-state index is 0.0657. The van der Waals surface area contributed by atoms with Gasteiger partial charge in [-0.2, -0.15) is 0 Å². The fourth-order valence-electron chi connectivity index (χ4n) is 5.16. The van der Waals surface area contributed by atoms with Gasteiger partial charge >= 0.3 is 0 Å². The molecule has 0 aliphatic carbocycles. The molecule has 0 aromatic heterocycles. The largest absolute Gasteiger partial charge is 0.497 e. The second-order valence-electron chi connectivity index (χ2n) is 10.1. The molecule has 0 bridgehead atoms. The molecule has 0 radical (unpaired) electrons. The Morgan fingerprint density at radius 1 is 0.800 bits per heavy atom. The Hall–Kier alpha value is -4.36. The Morgan fingerprint density at radius 2 is 1.45 bits per heavy atom. The van der Waals surface area contributed by atoms with Crippen LogP contribution in [0.5, 0.6) is 17.2 Å². The summed E-state index contributed by atoms with van der Waals surface area (Å²) < 4.78 is 11.1. The fraction of sp³-hybridized carbons (Fsp3) is 0.273. The van der Waals surface area contributed by atoms with E-state index in [0.717, 1.165) is 40.5 Å². The number of nitrogens with one attached hydrogen (secondary N) is 1. The van der Waals surface area contributed by atoms with Gasteiger partial charge in [0.2, 0.25) is 11.8 Å². The predicted octanol–water partition coefficient (Wildman–Crippen LogP) is 5.21. The molecule has 1 fully saturated rings. The lowest BCUT2D eigenvalue weighted by Gasteiger charge is -2.39. The highest BCUT2D eigenvalue weighted by atomic mass is 16.5. The number of ether oxygens (including phenoxy) is 2. The summed E-state index contributed by atoms with van der Waals surface area (Å²) in [5.41, 5.74) is 7.64. The lowest BCUT2D eigenvalue weighted by Crippen LogP contribution is -2.63. The maximum atomic E-state index is 13.8. The van der Waals surface area contributed by atoms with Crippen molar-refractivity contribution in [3.05, 3.63) is 102 Å². The lowest BCUT2D eigenvalue weighted by molar-refractivity contribution is -0.150. The summed E-state index contributed by atoms with van der Waals surface area (Å²) in [6.07, 6.45) is 2.61. The highest BCUT2D eigenvalue weighted by molar-refractivity contribution is 5.97. The number of carbonyl (C=O) groups excluding carboxylic acids is 2.